The maximum absolute atomic E-state index is 5.81. The standard InChI is InChI=1S/C14H22N6/c1-3-5-11(15)10-18-20-9-8-17-14(20)13(16-4-2)19-12-6-7-12/h5,8-10,12H,3-4,6-7,15H2,1-2H3,(H,16,19)/b11-5+,18-10-. The third-order valence-electron chi connectivity index (χ3n) is 2.84. The lowest BCUT2D eigenvalue weighted by molar-refractivity contribution is 0.826. The second-order valence-corrected chi connectivity index (χ2v) is 4.69. The fourth-order valence-electron chi connectivity index (χ4n) is 1.74. The Balaban J connectivity index is 2.17. The molecule has 1 aliphatic rings. The molecule has 0 amide bonds. The van der Waals surface area contributed by atoms with E-state index in [-0.39, 0.29) is 0 Å². The van der Waals surface area contributed by atoms with Crippen LogP contribution in [-0.2, 0) is 0 Å². The maximum atomic E-state index is 5.81. The van der Waals surface area contributed by atoms with E-state index in [0.717, 1.165) is 18.1 Å². The summed E-state index contributed by atoms with van der Waals surface area (Å²) in [4.78, 5) is 8.81. The summed E-state index contributed by atoms with van der Waals surface area (Å²) < 4.78 is 1.69. The SMILES string of the molecule is CC/C=C(N)\C=N/n1ccnc1/C(=N\CC)NC1CC1. The van der Waals surface area contributed by atoms with Crippen LogP contribution in [-0.4, -0.2) is 34.3 Å². The van der Waals surface area contributed by atoms with Crippen molar-refractivity contribution in [2.75, 3.05) is 6.54 Å². The summed E-state index contributed by atoms with van der Waals surface area (Å²) in [5.74, 6) is 1.52. The molecule has 1 aromatic heterocycles. The molecule has 2 rings (SSSR count). The monoisotopic (exact) mass is 274 g/mol. The Hall–Kier alpha value is -2.11. The second-order valence-electron chi connectivity index (χ2n) is 4.69. The Morgan fingerprint density at radius 1 is 1.55 bits per heavy atom. The Morgan fingerprint density at radius 2 is 2.35 bits per heavy atom. The summed E-state index contributed by atoms with van der Waals surface area (Å²) in [7, 11) is 0. The van der Waals surface area contributed by atoms with Gasteiger partial charge in [0.1, 0.15) is 0 Å². The van der Waals surface area contributed by atoms with Gasteiger partial charge < -0.3 is 11.1 Å². The number of aromatic nitrogens is 2. The average Bonchev–Trinajstić information content (AvgIpc) is 3.12. The highest BCUT2D eigenvalue weighted by molar-refractivity contribution is 5.96. The largest absolute Gasteiger partial charge is 0.398 e. The molecule has 0 unspecified atom stereocenters. The minimum absolute atomic E-state index is 0.527. The van der Waals surface area contributed by atoms with Crippen molar-refractivity contribution in [2.24, 2.45) is 15.8 Å². The highest BCUT2D eigenvalue weighted by Crippen LogP contribution is 2.19. The van der Waals surface area contributed by atoms with Crippen LogP contribution in [0.5, 0.6) is 0 Å². The van der Waals surface area contributed by atoms with E-state index in [1.165, 1.54) is 12.8 Å². The van der Waals surface area contributed by atoms with E-state index in [1.54, 1.807) is 23.3 Å². The van der Waals surface area contributed by atoms with Gasteiger partial charge in [-0.3, -0.25) is 4.99 Å². The molecule has 0 spiro atoms. The number of allylic oxidation sites excluding steroid dienone is 2. The molecule has 0 atom stereocenters. The molecule has 1 aliphatic carbocycles. The molecular weight excluding hydrogens is 252 g/mol. The first kappa shape index (κ1) is 14.3. The summed E-state index contributed by atoms with van der Waals surface area (Å²) in [5.41, 5.74) is 6.46. The highest BCUT2D eigenvalue weighted by Gasteiger charge is 2.24. The van der Waals surface area contributed by atoms with Gasteiger partial charge in [0.2, 0.25) is 0 Å². The van der Waals surface area contributed by atoms with Crippen molar-refractivity contribution in [3.05, 3.63) is 30.0 Å². The molecular formula is C14H22N6. The lowest BCUT2D eigenvalue weighted by atomic mass is 10.4. The van der Waals surface area contributed by atoms with E-state index in [1.807, 2.05) is 19.9 Å². The minimum Gasteiger partial charge on any atom is -0.398 e. The van der Waals surface area contributed by atoms with Gasteiger partial charge in [-0.05, 0) is 26.2 Å². The third-order valence-corrected chi connectivity index (χ3v) is 2.84. The molecule has 1 heterocycles. The lowest BCUT2D eigenvalue weighted by Gasteiger charge is -2.08. The molecule has 1 fully saturated rings. The van der Waals surface area contributed by atoms with Crippen LogP contribution in [0, 0.1) is 0 Å². The zero-order valence-electron chi connectivity index (χ0n) is 12.1. The van der Waals surface area contributed by atoms with Gasteiger partial charge in [-0.25, -0.2) is 9.66 Å². The predicted molar refractivity (Wildman–Crippen MR) is 81.9 cm³/mol. The fourth-order valence-corrected chi connectivity index (χ4v) is 1.74. The Kier molecular flexibility index (Phi) is 4.92. The van der Waals surface area contributed by atoms with Crippen LogP contribution in [0.1, 0.15) is 38.9 Å². The number of rotatable bonds is 6. The maximum Gasteiger partial charge on any atom is 0.196 e. The second kappa shape index (κ2) is 6.88. The molecule has 1 saturated carbocycles. The van der Waals surface area contributed by atoms with Crippen molar-refractivity contribution in [2.45, 2.75) is 39.2 Å². The molecule has 6 heteroatoms. The summed E-state index contributed by atoms with van der Waals surface area (Å²) in [6.07, 6.45) is 10.3. The Bertz CT molecular complexity index is 522. The summed E-state index contributed by atoms with van der Waals surface area (Å²) in [6, 6.07) is 0.527. The third kappa shape index (κ3) is 3.94. The van der Waals surface area contributed by atoms with Crippen molar-refractivity contribution >= 4 is 12.1 Å². The van der Waals surface area contributed by atoms with Crippen LogP contribution in [0.2, 0.25) is 0 Å². The van der Waals surface area contributed by atoms with Crippen LogP contribution >= 0.6 is 0 Å². The van der Waals surface area contributed by atoms with E-state index in [9.17, 15) is 0 Å². The number of hydrogen-bond acceptors (Lipinski definition) is 4. The zero-order chi connectivity index (χ0) is 14.4. The predicted octanol–water partition coefficient (Wildman–Crippen LogP) is 1.49. The quantitative estimate of drug-likeness (QED) is 0.609. The number of amidine groups is 1. The molecule has 3 N–H and O–H groups in total. The number of aliphatic imine (C=N–C) groups is 1. The molecule has 108 valence electrons. The molecule has 1 aromatic rings. The molecule has 0 aliphatic heterocycles. The van der Waals surface area contributed by atoms with Crippen molar-refractivity contribution in [1.29, 1.82) is 0 Å². The summed E-state index contributed by atoms with van der Waals surface area (Å²) in [6.45, 7) is 4.76. The first-order valence-electron chi connectivity index (χ1n) is 7.09. The molecule has 0 aromatic carbocycles. The van der Waals surface area contributed by atoms with Crippen LogP contribution in [0.25, 0.3) is 0 Å². The van der Waals surface area contributed by atoms with E-state index in [0.29, 0.717) is 18.3 Å². The van der Waals surface area contributed by atoms with Gasteiger partial charge >= 0.3 is 0 Å². The van der Waals surface area contributed by atoms with Crippen molar-refractivity contribution in [3.63, 3.8) is 0 Å². The smallest absolute Gasteiger partial charge is 0.196 e. The molecule has 0 bridgehead atoms. The number of hydrogen-bond donors (Lipinski definition) is 2. The Labute approximate surface area is 119 Å². The minimum atomic E-state index is 0.527. The van der Waals surface area contributed by atoms with Gasteiger partial charge in [-0.1, -0.05) is 13.0 Å². The first-order chi connectivity index (χ1) is 9.74. The van der Waals surface area contributed by atoms with Crippen molar-refractivity contribution in [3.8, 4) is 0 Å². The number of nitrogens with zero attached hydrogens (tertiary/aromatic N) is 4. The fraction of sp³-hybridized carbons (Fsp3) is 0.500. The van der Waals surface area contributed by atoms with E-state index >= 15 is 0 Å². The van der Waals surface area contributed by atoms with Crippen LogP contribution in [0.15, 0.2) is 34.3 Å². The van der Waals surface area contributed by atoms with E-state index in [4.69, 9.17) is 5.73 Å². The summed E-state index contributed by atoms with van der Waals surface area (Å²) >= 11 is 0. The lowest BCUT2D eigenvalue weighted by Crippen LogP contribution is -2.29. The number of nitrogens with one attached hydrogen (secondary N) is 1. The van der Waals surface area contributed by atoms with Gasteiger partial charge in [-0.15, -0.1) is 0 Å². The van der Waals surface area contributed by atoms with Gasteiger partial charge in [0, 0.05) is 30.7 Å². The van der Waals surface area contributed by atoms with Gasteiger partial charge in [0.05, 0.1) is 6.21 Å². The summed E-state index contributed by atoms with van der Waals surface area (Å²) in [5, 5.41) is 7.72. The Morgan fingerprint density at radius 3 is 3.00 bits per heavy atom. The molecule has 20 heavy (non-hydrogen) atoms. The van der Waals surface area contributed by atoms with Crippen molar-refractivity contribution in [1.82, 2.24) is 15.0 Å². The molecule has 0 saturated heterocycles. The van der Waals surface area contributed by atoms with Gasteiger partial charge in [0.25, 0.3) is 0 Å². The molecule has 6 nitrogen and oxygen atoms in total. The highest BCUT2D eigenvalue weighted by atomic mass is 15.4. The number of nitrogens with two attached hydrogens (primary N) is 1. The van der Waals surface area contributed by atoms with Gasteiger partial charge in [-0.2, -0.15) is 5.10 Å². The van der Waals surface area contributed by atoms with Gasteiger partial charge in [0.15, 0.2) is 11.7 Å². The van der Waals surface area contributed by atoms with E-state index in [2.05, 4.69) is 20.4 Å². The van der Waals surface area contributed by atoms with Crippen molar-refractivity contribution < 1.29 is 0 Å². The number of imidazole rings is 1. The van der Waals surface area contributed by atoms with Crippen LogP contribution < -0.4 is 11.1 Å². The van der Waals surface area contributed by atoms with Crippen LogP contribution in [0.3, 0.4) is 0 Å². The van der Waals surface area contributed by atoms with E-state index < -0.39 is 0 Å². The normalized spacial score (nSPS) is 16.9. The molecule has 0 radical (unpaired) electrons. The zero-order valence-corrected chi connectivity index (χ0v) is 12.1. The average molecular weight is 274 g/mol. The first-order valence-corrected chi connectivity index (χ1v) is 7.09. The van der Waals surface area contributed by atoms with Crippen LogP contribution in [0.4, 0.5) is 0 Å². The topological polar surface area (TPSA) is 80.6 Å².